The predicted molar refractivity (Wildman–Crippen MR) is 71.5 cm³/mol. The molecular weight excluding hydrogens is 360 g/mol. The molecule has 5 nitrogen and oxygen atoms in total. The number of carboxylic acid groups (broad SMARTS) is 1. The zero-order chi connectivity index (χ0) is 15.6. The normalized spacial score (nSPS) is 12.4. The third kappa shape index (κ3) is 5.14. The SMILES string of the molecule is CC(F)(F)CCNS(=O)(=O)c1cc(Br)cc(C(=O)O)c1. The highest BCUT2D eigenvalue weighted by molar-refractivity contribution is 9.10. The van der Waals surface area contributed by atoms with Gasteiger partial charge in [-0.3, -0.25) is 0 Å². The molecule has 0 bridgehead atoms. The highest BCUT2D eigenvalue weighted by atomic mass is 79.9. The Hall–Kier alpha value is -1.06. The molecule has 0 spiro atoms. The van der Waals surface area contributed by atoms with E-state index in [2.05, 4.69) is 15.9 Å². The minimum absolute atomic E-state index is 0.222. The van der Waals surface area contributed by atoms with E-state index in [1.54, 1.807) is 0 Å². The predicted octanol–water partition coefficient (Wildman–Crippen LogP) is 2.47. The standard InChI is InChI=1S/C11H12BrF2NO4S/c1-11(13,14)2-3-15-20(18,19)9-5-7(10(16)17)4-8(12)6-9/h4-6,15H,2-3H2,1H3,(H,16,17). The van der Waals surface area contributed by atoms with Gasteiger partial charge in [0.25, 0.3) is 0 Å². The van der Waals surface area contributed by atoms with E-state index >= 15 is 0 Å². The summed E-state index contributed by atoms with van der Waals surface area (Å²) in [6, 6.07) is 3.39. The van der Waals surface area contributed by atoms with Gasteiger partial charge >= 0.3 is 5.97 Å². The molecule has 0 atom stereocenters. The molecular formula is C11H12BrF2NO4S. The molecule has 1 rings (SSSR count). The van der Waals surface area contributed by atoms with Crippen LogP contribution in [0, 0.1) is 0 Å². The Balaban J connectivity index is 2.95. The number of hydrogen-bond donors (Lipinski definition) is 2. The molecule has 1 aromatic carbocycles. The Bertz CT molecular complexity index is 613. The van der Waals surface area contributed by atoms with Crippen LogP contribution in [0.2, 0.25) is 0 Å². The molecule has 20 heavy (non-hydrogen) atoms. The summed E-state index contributed by atoms with van der Waals surface area (Å²) < 4.78 is 51.2. The van der Waals surface area contributed by atoms with Crippen LogP contribution in [0.1, 0.15) is 23.7 Å². The number of hydrogen-bond acceptors (Lipinski definition) is 3. The molecule has 9 heteroatoms. The molecule has 0 amide bonds. The maximum Gasteiger partial charge on any atom is 0.335 e. The smallest absolute Gasteiger partial charge is 0.335 e. The minimum atomic E-state index is -4.04. The van der Waals surface area contributed by atoms with Gasteiger partial charge in [0.2, 0.25) is 15.9 Å². The van der Waals surface area contributed by atoms with Gasteiger partial charge in [0, 0.05) is 17.4 Å². The summed E-state index contributed by atoms with van der Waals surface area (Å²) in [5, 5.41) is 8.85. The van der Waals surface area contributed by atoms with Crippen LogP contribution in [0.15, 0.2) is 27.6 Å². The first kappa shape index (κ1) is 17.0. The molecule has 0 saturated carbocycles. The van der Waals surface area contributed by atoms with Crippen LogP contribution in [0.3, 0.4) is 0 Å². The van der Waals surface area contributed by atoms with Gasteiger partial charge in [0.05, 0.1) is 10.5 Å². The van der Waals surface area contributed by atoms with Crippen LogP contribution in [0.5, 0.6) is 0 Å². The zero-order valence-corrected chi connectivity index (χ0v) is 12.8. The van der Waals surface area contributed by atoms with Crippen molar-refractivity contribution in [3.8, 4) is 0 Å². The summed E-state index contributed by atoms with van der Waals surface area (Å²) in [6.07, 6.45) is -0.647. The van der Waals surface area contributed by atoms with Crippen molar-refractivity contribution < 1.29 is 27.1 Å². The Kier molecular flexibility index (Phi) is 5.22. The van der Waals surface area contributed by atoms with Gasteiger partial charge in [-0.25, -0.2) is 26.7 Å². The zero-order valence-electron chi connectivity index (χ0n) is 10.4. The van der Waals surface area contributed by atoms with Crippen LogP contribution >= 0.6 is 15.9 Å². The van der Waals surface area contributed by atoms with Crippen LogP contribution in [0.4, 0.5) is 8.78 Å². The molecule has 0 radical (unpaired) electrons. The number of alkyl halides is 2. The van der Waals surface area contributed by atoms with Gasteiger partial charge in [0.1, 0.15) is 0 Å². The first-order valence-electron chi connectivity index (χ1n) is 5.43. The van der Waals surface area contributed by atoms with Gasteiger partial charge < -0.3 is 5.11 Å². The van der Waals surface area contributed by atoms with Gasteiger partial charge in [-0.1, -0.05) is 15.9 Å². The molecule has 0 heterocycles. The maximum absolute atomic E-state index is 12.6. The van der Waals surface area contributed by atoms with Crippen LogP contribution in [-0.2, 0) is 10.0 Å². The lowest BCUT2D eigenvalue weighted by atomic mass is 10.2. The van der Waals surface area contributed by atoms with Crippen molar-refractivity contribution in [1.29, 1.82) is 0 Å². The first-order chi connectivity index (χ1) is 9.01. The Morgan fingerprint density at radius 3 is 2.50 bits per heavy atom. The first-order valence-corrected chi connectivity index (χ1v) is 7.70. The topological polar surface area (TPSA) is 83.5 Å². The van der Waals surface area contributed by atoms with Crippen molar-refractivity contribution in [3.63, 3.8) is 0 Å². The molecule has 2 N–H and O–H groups in total. The molecule has 0 aliphatic carbocycles. The van der Waals surface area contributed by atoms with E-state index in [0.29, 0.717) is 6.92 Å². The van der Waals surface area contributed by atoms with Crippen molar-refractivity contribution in [2.24, 2.45) is 0 Å². The fraction of sp³-hybridized carbons (Fsp3) is 0.364. The fourth-order valence-corrected chi connectivity index (χ4v) is 3.08. The summed E-state index contributed by atoms with van der Waals surface area (Å²) in [5.74, 6) is -4.27. The van der Waals surface area contributed by atoms with Crippen LogP contribution in [-0.4, -0.2) is 32.0 Å². The molecule has 0 fully saturated rings. The molecule has 0 saturated heterocycles. The quantitative estimate of drug-likeness (QED) is 0.804. The third-order valence-electron chi connectivity index (χ3n) is 2.28. The Morgan fingerprint density at radius 2 is 2.00 bits per heavy atom. The van der Waals surface area contributed by atoms with Gasteiger partial charge in [-0.2, -0.15) is 0 Å². The molecule has 1 aromatic rings. The van der Waals surface area contributed by atoms with Gasteiger partial charge in [-0.15, -0.1) is 0 Å². The Labute approximate surface area is 123 Å². The van der Waals surface area contributed by atoms with Crippen LogP contribution < -0.4 is 4.72 Å². The minimum Gasteiger partial charge on any atom is -0.478 e. The maximum atomic E-state index is 12.6. The second-order valence-corrected chi connectivity index (χ2v) is 6.88. The third-order valence-corrected chi connectivity index (χ3v) is 4.18. The van der Waals surface area contributed by atoms with Crippen molar-refractivity contribution in [2.45, 2.75) is 24.2 Å². The van der Waals surface area contributed by atoms with E-state index < -0.39 is 34.9 Å². The second kappa shape index (κ2) is 6.15. The highest BCUT2D eigenvalue weighted by Crippen LogP contribution is 2.20. The van der Waals surface area contributed by atoms with E-state index in [1.165, 1.54) is 12.1 Å². The largest absolute Gasteiger partial charge is 0.478 e. The average molecular weight is 372 g/mol. The Morgan fingerprint density at radius 1 is 1.40 bits per heavy atom. The summed E-state index contributed by atoms with van der Waals surface area (Å²) >= 11 is 3.00. The van der Waals surface area contributed by atoms with E-state index in [9.17, 15) is 22.0 Å². The number of carboxylic acids is 1. The number of nitrogens with one attached hydrogen (secondary N) is 1. The molecule has 0 unspecified atom stereocenters. The van der Waals surface area contributed by atoms with E-state index in [0.717, 1.165) is 6.07 Å². The summed E-state index contributed by atoms with van der Waals surface area (Å²) in [6.45, 7) is 0.240. The lowest BCUT2D eigenvalue weighted by Gasteiger charge is -2.11. The summed E-state index contributed by atoms with van der Waals surface area (Å²) in [4.78, 5) is 10.5. The number of benzene rings is 1. The summed E-state index contributed by atoms with van der Waals surface area (Å²) in [7, 11) is -4.04. The van der Waals surface area contributed by atoms with Gasteiger partial charge in [-0.05, 0) is 25.1 Å². The molecule has 0 aromatic heterocycles. The van der Waals surface area contributed by atoms with E-state index in [-0.39, 0.29) is 14.9 Å². The van der Waals surface area contributed by atoms with Crippen molar-refractivity contribution >= 4 is 31.9 Å². The number of rotatable bonds is 6. The van der Waals surface area contributed by atoms with Gasteiger partial charge in [0.15, 0.2) is 0 Å². The lowest BCUT2D eigenvalue weighted by molar-refractivity contribution is 0.0148. The lowest BCUT2D eigenvalue weighted by Crippen LogP contribution is -2.28. The summed E-state index contributed by atoms with van der Waals surface area (Å²) in [5.41, 5.74) is -0.222. The number of carbonyl (C=O) groups is 1. The van der Waals surface area contributed by atoms with Crippen molar-refractivity contribution in [3.05, 3.63) is 28.2 Å². The highest BCUT2D eigenvalue weighted by Gasteiger charge is 2.23. The van der Waals surface area contributed by atoms with E-state index in [4.69, 9.17) is 5.11 Å². The number of aromatic carboxylic acids is 1. The number of halogens is 3. The van der Waals surface area contributed by atoms with Crippen LogP contribution in [0.25, 0.3) is 0 Å². The fourth-order valence-electron chi connectivity index (χ4n) is 1.33. The monoisotopic (exact) mass is 371 g/mol. The molecule has 0 aliphatic heterocycles. The molecule has 0 aliphatic rings. The average Bonchev–Trinajstić information content (AvgIpc) is 2.25. The van der Waals surface area contributed by atoms with Crippen molar-refractivity contribution in [1.82, 2.24) is 4.72 Å². The van der Waals surface area contributed by atoms with Crippen molar-refractivity contribution in [2.75, 3.05) is 6.54 Å². The number of sulfonamides is 1. The molecule has 112 valence electrons. The van der Waals surface area contributed by atoms with E-state index in [1.807, 2.05) is 4.72 Å². The second-order valence-electron chi connectivity index (χ2n) is 4.20.